The zero-order valence-electron chi connectivity index (χ0n) is 13.9. The Balaban J connectivity index is 2.01. The second-order valence-corrected chi connectivity index (χ2v) is 10.3. The highest BCUT2D eigenvalue weighted by molar-refractivity contribution is 7.94. The molecule has 1 aromatic carbocycles. The topological polar surface area (TPSA) is 72.5 Å². The summed E-state index contributed by atoms with van der Waals surface area (Å²) in [5.41, 5.74) is 0. The van der Waals surface area contributed by atoms with Crippen molar-refractivity contribution in [1.29, 1.82) is 0 Å². The molecule has 0 saturated carbocycles. The van der Waals surface area contributed by atoms with Crippen molar-refractivity contribution < 1.29 is 17.4 Å². The SMILES string of the molecule is CC(C)OCCCN[C@H]1CS(=O)C[C@@H]1S(=O)(=O)c1ccc(Cl)cc1. The van der Waals surface area contributed by atoms with Crippen molar-refractivity contribution in [3.05, 3.63) is 29.3 Å². The van der Waals surface area contributed by atoms with Gasteiger partial charge in [0.2, 0.25) is 0 Å². The first-order chi connectivity index (χ1) is 11.3. The van der Waals surface area contributed by atoms with E-state index < -0.39 is 25.9 Å². The van der Waals surface area contributed by atoms with E-state index in [4.69, 9.17) is 16.3 Å². The fourth-order valence-electron chi connectivity index (χ4n) is 2.65. The maximum atomic E-state index is 12.8. The van der Waals surface area contributed by atoms with Crippen LogP contribution < -0.4 is 5.32 Å². The van der Waals surface area contributed by atoms with Gasteiger partial charge >= 0.3 is 0 Å². The highest BCUT2D eigenvalue weighted by atomic mass is 35.5. The number of sulfone groups is 1. The maximum Gasteiger partial charge on any atom is 0.183 e. The quantitative estimate of drug-likeness (QED) is 0.684. The van der Waals surface area contributed by atoms with E-state index in [0.717, 1.165) is 6.42 Å². The van der Waals surface area contributed by atoms with Crippen molar-refractivity contribution in [2.45, 2.75) is 42.6 Å². The predicted molar refractivity (Wildman–Crippen MR) is 97.8 cm³/mol. The highest BCUT2D eigenvalue weighted by Crippen LogP contribution is 2.25. The third-order valence-electron chi connectivity index (χ3n) is 3.88. The first-order valence-electron chi connectivity index (χ1n) is 8.00. The number of hydrogen-bond acceptors (Lipinski definition) is 5. The standard InChI is InChI=1S/C16H24ClNO4S2/c1-12(2)22-9-3-8-18-15-10-23(19)11-16(15)24(20,21)14-6-4-13(17)5-7-14/h4-7,12,15-16,18H,3,8-11H2,1-2H3/t15-,16-,23?/m0/s1. The minimum atomic E-state index is -3.54. The molecule has 8 heteroatoms. The fourth-order valence-corrected chi connectivity index (χ4v) is 7.04. The summed E-state index contributed by atoms with van der Waals surface area (Å²) in [6.45, 7) is 5.21. The van der Waals surface area contributed by atoms with E-state index in [-0.39, 0.29) is 22.8 Å². The molecule has 0 amide bonds. The first-order valence-corrected chi connectivity index (χ1v) is 11.4. The van der Waals surface area contributed by atoms with E-state index in [1.807, 2.05) is 13.8 Å². The molecule has 0 aromatic heterocycles. The molecule has 136 valence electrons. The van der Waals surface area contributed by atoms with Gasteiger partial charge in [-0.25, -0.2) is 8.42 Å². The lowest BCUT2D eigenvalue weighted by atomic mass is 10.2. The van der Waals surface area contributed by atoms with E-state index >= 15 is 0 Å². The molecule has 5 nitrogen and oxygen atoms in total. The van der Waals surface area contributed by atoms with Gasteiger partial charge in [0.05, 0.1) is 16.2 Å². The van der Waals surface area contributed by atoms with Gasteiger partial charge in [0.15, 0.2) is 9.84 Å². The molecule has 3 atom stereocenters. The van der Waals surface area contributed by atoms with Crippen molar-refractivity contribution in [2.24, 2.45) is 0 Å². The van der Waals surface area contributed by atoms with Crippen molar-refractivity contribution >= 4 is 32.2 Å². The number of ether oxygens (including phenoxy) is 1. The third-order valence-corrected chi connectivity index (χ3v) is 8.03. The lowest BCUT2D eigenvalue weighted by molar-refractivity contribution is 0.0768. The Kier molecular flexibility index (Phi) is 7.24. The maximum absolute atomic E-state index is 12.8. The van der Waals surface area contributed by atoms with E-state index in [1.54, 1.807) is 12.1 Å². The Morgan fingerprint density at radius 3 is 2.58 bits per heavy atom. The van der Waals surface area contributed by atoms with Crippen LogP contribution in [0.5, 0.6) is 0 Å². The first kappa shape index (κ1) is 19.8. The average molecular weight is 394 g/mol. The third kappa shape index (κ3) is 5.26. The van der Waals surface area contributed by atoms with Gasteiger partial charge in [-0.2, -0.15) is 0 Å². The molecular formula is C16H24ClNO4S2. The average Bonchev–Trinajstić information content (AvgIpc) is 2.89. The lowest BCUT2D eigenvalue weighted by Gasteiger charge is -2.20. The van der Waals surface area contributed by atoms with Crippen LogP contribution in [0.4, 0.5) is 0 Å². The van der Waals surface area contributed by atoms with Crippen LogP contribution in [0.25, 0.3) is 0 Å². The molecule has 1 aliphatic rings. The lowest BCUT2D eigenvalue weighted by Crippen LogP contribution is -2.43. The van der Waals surface area contributed by atoms with Crippen molar-refractivity contribution in [1.82, 2.24) is 5.32 Å². The summed E-state index contributed by atoms with van der Waals surface area (Å²) in [5.74, 6) is 0.535. The molecule has 0 aliphatic carbocycles. The molecule has 1 heterocycles. The smallest absolute Gasteiger partial charge is 0.183 e. The summed E-state index contributed by atoms with van der Waals surface area (Å²) in [7, 11) is -4.66. The summed E-state index contributed by atoms with van der Waals surface area (Å²) < 4.78 is 43.1. The van der Waals surface area contributed by atoms with Crippen molar-refractivity contribution in [3.63, 3.8) is 0 Å². The van der Waals surface area contributed by atoms with Crippen LogP contribution >= 0.6 is 11.6 Å². The Hall–Kier alpha value is -0.470. The van der Waals surface area contributed by atoms with E-state index in [0.29, 0.717) is 23.9 Å². The molecule has 24 heavy (non-hydrogen) atoms. The monoisotopic (exact) mass is 393 g/mol. The van der Waals surface area contributed by atoms with Gasteiger partial charge in [-0.3, -0.25) is 4.21 Å². The van der Waals surface area contributed by atoms with E-state index in [2.05, 4.69) is 5.32 Å². The summed E-state index contributed by atoms with van der Waals surface area (Å²) >= 11 is 5.83. The largest absolute Gasteiger partial charge is 0.379 e. The van der Waals surface area contributed by atoms with Crippen LogP contribution in [-0.4, -0.2) is 54.7 Å². The van der Waals surface area contributed by atoms with Crippen LogP contribution in [0, 0.1) is 0 Å². The molecule has 1 N–H and O–H groups in total. The summed E-state index contributed by atoms with van der Waals surface area (Å²) in [5, 5.41) is 3.06. The van der Waals surface area contributed by atoms with Gasteiger partial charge in [0, 0.05) is 40.0 Å². The Labute approximate surface area is 151 Å². The van der Waals surface area contributed by atoms with Crippen LogP contribution in [0.2, 0.25) is 5.02 Å². The predicted octanol–water partition coefficient (Wildman–Crippen LogP) is 2.02. The normalized spacial score (nSPS) is 24.6. The molecule has 1 aromatic rings. The second-order valence-electron chi connectivity index (χ2n) is 6.14. The van der Waals surface area contributed by atoms with Gasteiger partial charge in [-0.05, 0) is 51.1 Å². The number of benzene rings is 1. The molecule has 1 fully saturated rings. The molecule has 0 spiro atoms. The Morgan fingerprint density at radius 2 is 1.96 bits per heavy atom. The molecule has 1 unspecified atom stereocenters. The van der Waals surface area contributed by atoms with Gasteiger partial charge < -0.3 is 10.1 Å². The second kappa shape index (κ2) is 8.76. The van der Waals surface area contributed by atoms with Gasteiger partial charge in [-0.1, -0.05) is 11.6 Å². The molecule has 1 saturated heterocycles. The van der Waals surface area contributed by atoms with Crippen LogP contribution in [0.1, 0.15) is 20.3 Å². The zero-order valence-corrected chi connectivity index (χ0v) is 16.3. The number of hydrogen-bond donors (Lipinski definition) is 1. The van der Waals surface area contributed by atoms with Gasteiger partial charge in [-0.15, -0.1) is 0 Å². The fraction of sp³-hybridized carbons (Fsp3) is 0.625. The zero-order chi connectivity index (χ0) is 17.7. The van der Waals surface area contributed by atoms with Crippen LogP contribution in [0.15, 0.2) is 29.2 Å². The molecule has 0 radical (unpaired) electrons. The van der Waals surface area contributed by atoms with Crippen LogP contribution in [-0.2, 0) is 25.4 Å². The Bertz CT molecular complexity index is 661. The summed E-state index contributed by atoms with van der Waals surface area (Å²) in [4.78, 5) is 0.228. The Morgan fingerprint density at radius 1 is 1.29 bits per heavy atom. The number of halogens is 1. The molecule has 1 aliphatic heterocycles. The van der Waals surface area contributed by atoms with Crippen molar-refractivity contribution in [3.8, 4) is 0 Å². The number of nitrogens with one attached hydrogen (secondary N) is 1. The molecule has 0 bridgehead atoms. The van der Waals surface area contributed by atoms with E-state index in [1.165, 1.54) is 12.1 Å². The van der Waals surface area contributed by atoms with Crippen LogP contribution in [0.3, 0.4) is 0 Å². The van der Waals surface area contributed by atoms with Crippen molar-refractivity contribution in [2.75, 3.05) is 24.7 Å². The highest BCUT2D eigenvalue weighted by Gasteiger charge is 2.41. The molecule has 2 rings (SSSR count). The summed E-state index contributed by atoms with van der Waals surface area (Å²) in [6.07, 6.45) is 0.969. The number of rotatable bonds is 8. The van der Waals surface area contributed by atoms with Gasteiger partial charge in [0.25, 0.3) is 0 Å². The summed E-state index contributed by atoms with van der Waals surface area (Å²) in [6, 6.07) is 5.84. The minimum Gasteiger partial charge on any atom is -0.379 e. The van der Waals surface area contributed by atoms with E-state index in [9.17, 15) is 12.6 Å². The minimum absolute atomic E-state index is 0.172. The van der Waals surface area contributed by atoms with Gasteiger partial charge in [0.1, 0.15) is 0 Å². The molecular weight excluding hydrogens is 370 g/mol.